The third-order valence-electron chi connectivity index (χ3n) is 4.04. The number of hydrogen-bond donors (Lipinski definition) is 2. The van der Waals surface area contributed by atoms with E-state index in [1.807, 2.05) is 30.3 Å². The Morgan fingerprint density at radius 2 is 2.00 bits per heavy atom. The van der Waals surface area contributed by atoms with Crippen LogP contribution in [0.15, 0.2) is 30.3 Å². The smallest absolute Gasteiger partial charge is 0.265 e. The Bertz CT molecular complexity index is 850. The van der Waals surface area contributed by atoms with Gasteiger partial charge in [0.25, 0.3) is 5.91 Å². The van der Waals surface area contributed by atoms with Crippen LogP contribution in [0.25, 0.3) is 9.53 Å². The number of anilines is 2. The van der Waals surface area contributed by atoms with Gasteiger partial charge in [-0.1, -0.05) is 11.3 Å². The lowest BCUT2D eigenvalue weighted by atomic mass is 10.3. The molecule has 2 N–H and O–H groups in total. The molecule has 2 aromatic heterocycles. The van der Waals surface area contributed by atoms with Gasteiger partial charge in [-0.3, -0.25) is 4.79 Å². The SMILES string of the molecule is COc1ccc(NC(=O)c2cc3sc(N4CCNCC4)nc3s2)cc1. The first-order valence-electron chi connectivity index (χ1n) is 8.04. The molecule has 0 radical (unpaired) electrons. The van der Waals surface area contributed by atoms with E-state index in [1.165, 1.54) is 11.3 Å². The van der Waals surface area contributed by atoms with Crippen LogP contribution in [0.1, 0.15) is 9.67 Å². The fourth-order valence-corrected chi connectivity index (χ4v) is 4.85. The number of benzene rings is 1. The van der Waals surface area contributed by atoms with Gasteiger partial charge in [-0.2, -0.15) is 0 Å². The second-order valence-corrected chi connectivity index (χ2v) is 7.74. The second-order valence-electron chi connectivity index (χ2n) is 5.70. The van der Waals surface area contributed by atoms with Crippen molar-refractivity contribution in [2.24, 2.45) is 0 Å². The maximum atomic E-state index is 12.4. The minimum Gasteiger partial charge on any atom is -0.497 e. The van der Waals surface area contributed by atoms with Crippen molar-refractivity contribution in [2.45, 2.75) is 0 Å². The summed E-state index contributed by atoms with van der Waals surface area (Å²) in [7, 11) is 1.62. The monoisotopic (exact) mass is 374 g/mol. The van der Waals surface area contributed by atoms with Gasteiger partial charge in [0.05, 0.1) is 16.7 Å². The molecule has 0 unspecified atom stereocenters. The average molecular weight is 374 g/mol. The molecule has 3 heterocycles. The molecule has 1 saturated heterocycles. The van der Waals surface area contributed by atoms with Crippen molar-refractivity contribution in [3.05, 3.63) is 35.2 Å². The van der Waals surface area contributed by atoms with Crippen LogP contribution in [-0.2, 0) is 0 Å². The molecule has 8 heteroatoms. The molecule has 0 saturated carbocycles. The molecule has 0 spiro atoms. The first-order chi connectivity index (χ1) is 12.2. The summed E-state index contributed by atoms with van der Waals surface area (Å²) in [5.74, 6) is 0.656. The van der Waals surface area contributed by atoms with Gasteiger partial charge in [0, 0.05) is 31.9 Å². The molecule has 25 heavy (non-hydrogen) atoms. The number of carbonyl (C=O) groups excluding carboxylic acids is 1. The summed E-state index contributed by atoms with van der Waals surface area (Å²) in [5.41, 5.74) is 0.747. The summed E-state index contributed by atoms with van der Waals surface area (Å²) in [6.07, 6.45) is 0. The Kier molecular flexibility index (Phi) is 4.56. The zero-order valence-electron chi connectivity index (χ0n) is 13.7. The standard InChI is InChI=1S/C17H18N4O2S2/c1-23-12-4-2-11(3-5-12)19-15(22)13-10-14-16(24-13)20-17(25-14)21-8-6-18-7-9-21/h2-5,10,18H,6-9H2,1H3,(H,19,22). The van der Waals surface area contributed by atoms with Gasteiger partial charge < -0.3 is 20.3 Å². The summed E-state index contributed by atoms with van der Waals surface area (Å²) in [6, 6.07) is 9.23. The van der Waals surface area contributed by atoms with E-state index in [-0.39, 0.29) is 5.91 Å². The van der Waals surface area contributed by atoms with E-state index in [0.717, 1.165) is 52.3 Å². The lowest BCUT2D eigenvalue weighted by molar-refractivity contribution is 0.103. The zero-order valence-corrected chi connectivity index (χ0v) is 15.4. The van der Waals surface area contributed by atoms with Crippen molar-refractivity contribution in [3.63, 3.8) is 0 Å². The van der Waals surface area contributed by atoms with Gasteiger partial charge in [-0.15, -0.1) is 11.3 Å². The summed E-state index contributed by atoms with van der Waals surface area (Å²) < 4.78 is 6.19. The molecule has 130 valence electrons. The minimum absolute atomic E-state index is 0.107. The molecular formula is C17H18N4O2S2. The van der Waals surface area contributed by atoms with Crippen LogP contribution < -0.4 is 20.3 Å². The number of fused-ring (bicyclic) bond motifs is 1. The number of amides is 1. The maximum Gasteiger partial charge on any atom is 0.265 e. The van der Waals surface area contributed by atoms with Crippen molar-refractivity contribution in [3.8, 4) is 5.75 Å². The quantitative estimate of drug-likeness (QED) is 0.735. The van der Waals surface area contributed by atoms with E-state index in [9.17, 15) is 4.79 Å². The lowest BCUT2D eigenvalue weighted by Gasteiger charge is -2.26. The normalized spacial score (nSPS) is 14.7. The highest BCUT2D eigenvalue weighted by Crippen LogP contribution is 2.35. The predicted octanol–water partition coefficient (Wildman–Crippen LogP) is 3.03. The van der Waals surface area contributed by atoms with Crippen LogP contribution in [0.3, 0.4) is 0 Å². The topological polar surface area (TPSA) is 66.5 Å². The van der Waals surface area contributed by atoms with E-state index in [0.29, 0.717) is 4.88 Å². The van der Waals surface area contributed by atoms with Crippen molar-refractivity contribution < 1.29 is 9.53 Å². The van der Waals surface area contributed by atoms with Crippen LogP contribution in [0, 0.1) is 0 Å². The number of nitrogens with one attached hydrogen (secondary N) is 2. The molecule has 1 aliphatic rings. The number of hydrogen-bond acceptors (Lipinski definition) is 7. The van der Waals surface area contributed by atoms with Crippen LogP contribution >= 0.6 is 22.7 Å². The molecular weight excluding hydrogens is 356 g/mol. The van der Waals surface area contributed by atoms with Crippen molar-refractivity contribution in [2.75, 3.05) is 43.5 Å². The lowest BCUT2D eigenvalue weighted by Crippen LogP contribution is -2.43. The van der Waals surface area contributed by atoms with Crippen LogP contribution in [0.5, 0.6) is 5.75 Å². The van der Waals surface area contributed by atoms with E-state index >= 15 is 0 Å². The number of nitrogens with zero attached hydrogens (tertiary/aromatic N) is 2. The number of piperazine rings is 1. The number of thiazole rings is 1. The molecule has 0 aliphatic carbocycles. The number of thiophene rings is 1. The van der Waals surface area contributed by atoms with Crippen molar-refractivity contribution >= 4 is 48.9 Å². The van der Waals surface area contributed by atoms with E-state index < -0.39 is 0 Å². The summed E-state index contributed by atoms with van der Waals surface area (Å²) in [6.45, 7) is 3.93. The number of carbonyl (C=O) groups is 1. The first kappa shape index (κ1) is 16.3. The largest absolute Gasteiger partial charge is 0.497 e. The highest BCUT2D eigenvalue weighted by atomic mass is 32.1. The van der Waals surface area contributed by atoms with Crippen LogP contribution in [0.4, 0.5) is 10.8 Å². The predicted molar refractivity (Wildman–Crippen MR) is 104 cm³/mol. The zero-order chi connectivity index (χ0) is 17.2. The Labute approximate surface area is 153 Å². The van der Waals surface area contributed by atoms with Crippen LogP contribution in [-0.4, -0.2) is 44.2 Å². The van der Waals surface area contributed by atoms with Gasteiger partial charge in [0.15, 0.2) is 5.13 Å². The maximum absolute atomic E-state index is 12.4. The fraction of sp³-hybridized carbons (Fsp3) is 0.294. The van der Waals surface area contributed by atoms with E-state index in [1.54, 1.807) is 18.4 Å². The fourth-order valence-electron chi connectivity index (χ4n) is 2.69. The molecule has 1 fully saturated rings. The van der Waals surface area contributed by atoms with Crippen molar-refractivity contribution in [1.29, 1.82) is 0 Å². The number of aromatic nitrogens is 1. The molecule has 1 aromatic carbocycles. The third kappa shape index (κ3) is 3.46. The number of rotatable bonds is 4. The third-order valence-corrected chi connectivity index (χ3v) is 6.26. The van der Waals surface area contributed by atoms with Gasteiger partial charge >= 0.3 is 0 Å². The average Bonchev–Trinajstić information content (AvgIpc) is 3.22. The summed E-state index contributed by atoms with van der Waals surface area (Å²) in [4.78, 5) is 21.1. The first-order valence-corrected chi connectivity index (χ1v) is 9.68. The minimum atomic E-state index is -0.107. The van der Waals surface area contributed by atoms with Crippen molar-refractivity contribution in [1.82, 2.24) is 10.3 Å². The van der Waals surface area contributed by atoms with E-state index in [4.69, 9.17) is 9.72 Å². The van der Waals surface area contributed by atoms with Gasteiger partial charge in [-0.25, -0.2) is 4.98 Å². The molecule has 1 amide bonds. The Morgan fingerprint density at radius 1 is 1.24 bits per heavy atom. The second kappa shape index (κ2) is 6.99. The summed E-state index contributed by atoms with van der Waals surface area (Å²) >= 11 is 3.09. The van der Waals surface area contributed by atoms with Crippen LogP contribution in [0.2, 0.25) is 0 Å². The Hall–Kier alpha value is -2.16. The Balaban J connectivity index is 1.48. The van der Waals surface area contributed by atoms with Gasteiger partial charge in [0.1, 0.15) is 10.6 Å². The van der Waals surface area contributed by atoms with Gasteiger partial charge in [0.2, 0.25) is 0 Å². The molecule has 0 atom stereocenters. The highest BCUT2D eigenvalue weighted by molar-refractivity contribution is 7.29. The molecule has 6 nitrogen and oxygen atoms in total. The summed E-state index contributed by atoms with van der Waals surface area (Å²) in [5, 5.41) is 7.30. The van der Waals surface area contributed by atoms with Gasteiger partial charge in [-0.05, 0) is 30.3 Å². The number of methoxy groups -OCH3 is 1. The molecule has 4 rings (SSSR count). The van der Waals surface area contributed by atoms with E-state index in [2.05, 4.69) is 15.5 Å². The molecule has 3 aromatic rings. The highest BCUT2D eigenvalue weighted by Gasteiger charge is 2.18. The molecule has 0 bridgehead atoms. The Morgan fingerprint density at radius 3 is 2.68 bits per heavy atom. The number of ether oxygens (including phenoxy) is 1. The molecule has 1 aliphatic heterocycles.